The summed E-state index contributed by atoms with van der Waals surface area (Å²) in [4.78, 5) is 17.4. The second-order valence-corrected chi connectivity index (χ2v) is 7.48. The van der Waals surface area contributed by atoms with E-state index in [0.29, 0.717) is 0 Å². The zero-order chi connectivity index (χ0) is 52.0. The fourth-order valence-electron chi connectivity index (χ4n) is 0.0412. The molecule has 0 unspecified atom stereocenters. The van der Waals surface area contributed by atoms with Gasteiger partial charge in [0.25, 0.3) is 0 Å². The van der Waals surface area contributed by atoms with Crippen molar-refractivity contribution < 1.29 is 145 Å². The maximum atomic E-state index is 11.4. The topological polar surface area (TPSA) is 55.4 Å². The minimum atomic E-state index is -4.62. The molecule has 0 saturated carbocycles. The van der Waals surface area contributed by atoms with Gasteiger partial charge in [0.15, 0.2) is 6.67 Å². The van der Waals surface area contributed by atoms with Crippen LogP contribution in [0.1, 0.15) is 61.8 Å². The van der Waals surface area contributed by atoms with Crippen LogP contribution in [-0.4, -0.2) is 120 Å². The molecule has 0 fully saturated rings. The predicted octanol–water partition coefficient (Wildman–Crippen LogP) is 15.3. The second-order valence-electron chi connectivity index (χ2n) is 7.48. The van der Waals surface area contributed by atoms with Crippen molar-refractivity contribution in [2.75, 3.05) is 96.2 Å². The monoisotopic (exact) mass is 972 g/mol. The van der Waals surface area contributed by atoms with E-state index in [1.807, 2.05) is 0 Å². The van der Waals surface area contributed by atoms with Crippen molar-refractivity contribution in [3.05, 3.63) is 0 Å². The third-order valence-corrected chi connectivity index (χ3v) is 1.61. The maximum absolute atomic E-state index is 11.4. The highest BCUT2D eigenvalue weighted by Crippen LogP contribution is 2.17. The highest BCUT2D eigenvalue weighted by Gasteiger charge is 2.26. The molecule has 0 aromatic carbocycles. The molecular formula is C27H58F26O6. The van der Waals surface area contributed by atoms with Crippen molar-refractivity contribution in [2.24, 2.45) is 0 Å². The molecule has 0 aromatic rings. The lowest BCUT2D eigenvalue weighted by molar-refractivity contribution is -0.226. The minimum Gasteiger partial charge on any atom is -0.251 e. The Hall–Kier alpha value is -2.06. The van der Waals surface area contributed by atoms with E-state index in [1.165, 1.54) is 48.5 Å². The lowest BCUT2D eigenvalue weighted by Crippen LogP contribution is -2.22. The first-order chi connectivity index (χ1) is 26.9. The molecule has 0 N–H and O–H groups in total. The summed E-state index contributed by atoms with van der Waals surface area (Å²) in [6.45, 7) is -0.819. The average molecular weight is 973 g/mol. The Morgan fingerprint density at radius 3 is 0.407 bits per heavy atom. The summed E-state index contributed by atoms with van der Waals surface area (Å²) in [6.07, 6.45) is -9.31. The van der Waals surface area contributed by atoms with Gasteiger partial charge in [0.2, 0.25) is 27.7 Å². The van der Waals surface area contributed by atoms with Gasteiger partial charge in [-0.15, -0.1) is 0 Å². The zero-order valence-corrected chi connectivity index (χ0v) is 34.1. The van der Waals surface area contributed by atoms with Crippen LogP contribution in [0.25, 0.3) is 0 Å². The van der Waals surface area contributed by atoms with Crippen LogP contribution in [0.2, 0.25) is 0 Å². The van der Waals surface area contributed by atoms with E-state index in [4.69, 9.17) is 0 Å². The Balaban J connectivity index is -0.0000000275. The third-order valence-electron chi connectivity index (χ3n) is 1.61. The summed E-state index contributed by atoms with van der Waals surface area (Å²) in [6, 6.07) is 0. The van der Waals surface area contributed by atoms with Crippen molar-refractivity contribution in [2.45, 2.75) is 85.4 Å². The smallest absolute Gasteiger partial charge is 0.251 e. The summed E-state index contributed by atoms with van der Waals surface area (Å²) in [5.41, 5.74) is -2.50. The van der Waals surface area contributed by atoms with Gasteiger partial charge in [-0.25, -0.2) is 48.3 Å². The molecule has 0 aliphatic rings. The number of hydrogen-bond acceptors (Lipinski definition) is 6. The molecule has 0 atom stereocenters. The SMILES string of the molecule is CC(C)(CF)OF.CC(C)(CF)OF.CCC(F)(F)F.CCF.CCF.CCF.COF.COF.COF.COF.FCC(F)(F)F.FCF.FCF.FCF.FCF. The van der Waals surface area contributed by atoms with Crippen LogP contribution in [0.3, 0.4) is 0 Å². The molecule has 59 heavy (non-hydrogen) atoms. The van der Waals surface area contributed by atoms with Crippen molar-refractivity contribution in [3.63, 3.8) is 0 Å². The summed E-state index contributed by atoms with van der Waals surface area (Å²) < 4.78 is 266. The van der Waals surface area contributed by atoms with Gasteiger partial charge in [0, 0.05) is 6.42 Å². The molecule has 0 bridgehead atoms. The van der Waals surface area contributed by atoms with E-state index >= 15 is 0 Å². The first-order valence-corrected chi connectivity index (χ1v) is 14.1. The molecule has 0 aromatic heterocycles. The summed E-state index contributed by atoms with van der Waals surface area (Å²) in [5.74, 6) is 0. The molecule has 32 heteroatoms. The van der Waals surface area contributed by atoms with Gasteiger partial charge in [-0.1, -0.05) is 6.92 Å². The van der Waals surface area contributed by atoms with Gasteiger partial charge in [0.05, 0.1) is 48.5 Å². The first kappa shape index (κ1) is 101. The standard InChI is InChI=1S/2C4H8F2O.C3H5F3.C2H2F4.3C2H5F.4CH2F2.4CH3FO/c2*1-4(2,3-5)7-6;1-2-3(4,5)6;3-1-2(4,5)6;3*1-2-3;4*2-1-3;4*1-3-2/h2*3H2,1-2H3;2H2,1H3;1H2;3*2H2,1H3;4*1H2;4*1H3. The van der Waals surface area contributed by atoms with E-state index in [-0.39, 0.29) is 20.0 Å². The molecule has 0 amide bonds. The first-order valence-electron chi connectivity index (χ1n) is 14.1. The summed E-state index contributed by atoms with van der Waals surface area (Å²) in [5, 5.41) is 0. The van der Waals surface area contributed by atoms with Gasteiger partial charge < -0.3 is 0 Å². The number of hydrogen-bond donors (Lipinski definition) is 0. The molecule has 0 aliphatic heterocycles. The third kappa shape index (κ3) is 641. The van der Waals surface area contributed by atoms with Crippen LogP contribution in [0, 0.1) is 0 Å². The Labute approximate surface area is 327 Å². The average Bonchev–Trinajstić information content (AvgIpc) is 3.12. The van der Waals surface area contributed by atoms with Crippen molar-refractivity contribution in [3.8, 4) is 0 Å². The lowest BCUT2D eigenvalue weighted by atomic mass is 10.2. The van der Waals surface area contributed by atoms with Gasteiger partial charge >= 0.3 is 12.4 Å². The molecule has 0 aliphatic carbocycles. The van der Waals surface area contributed by atoms with Crippen molar-refractivity contribution in [1.29, 1.82) is 0 Å². The number of halogens is 26. The van der Waals surface area contributed by atoms with Crippen LogP contribution in [0.4, 0.5) is 115 Å². The lowest BCUT2D eigenvalue weighted by Gasteiger charge is -2.11. The van der Waals surface area contributed by atoms with Crippen molar-refractivity contribution in [1.82, 2.24) is 0 Å². The van der Waals surface area contributed by atoms with E-state index in [9.17, 15) is 115 Å². The molecular weight excluding hydrogens is 914 g/mol. The molecule has 0 saturated heterocycles. The molecule has 6 nitrogen and oxygen atoms in total. The Morgan fingerprint density at radius 1 is 0.322 bits per heavy atom. The van der Waals surface area contributed by atoms with Crippen molar-refractivity contribution >= 4 is 0 Å². The summed E-state index contributed by atoms with van der Waals surface area (Å²) in [7, 11) is 3.83. The zero-order valence-electron chi connectivity index (χ0n) is 34.1. The van der Waals surface area contributed by atoms with E-state index < -0.39 is 77.7 Å². The number of rotatable bonds is 4. The second kappa shape index (κ2) is 111. The normalized spacial score (nSPS) is 8.64. The van der Waals surface area contributed by atoms with Crippen LogP contribution >= 0.6 is 0 Å². The van der Waals surface area contributed by atoms with E-state index in [0.717, 1.165) is 35.4 Å². The largest absolute Gasteiger partial charge is 0.416 e. The van der Waals surface area contributed by atoms with Gasteiger partial charge in [0.1, 0.15) is 24.6 Å². The van der Waals surface area contributed by atoms with Gasteiger partial charge in [-0.05, 0) is 75.6 Å². The maximum Gasteiger partial charge on any atom is 0.416 e. The number of alkyl halides is 20. The molecule has 384 valence electrons. The Morgan fingerprint density at radius 2 is 0.407 bits per heavy atom. The summed E-state index contributed by atoms with van der Waals surface area (Å²) >= 11 is 0. The highest BCUT2D eigenvalue weighted by molar-refractivity contribution is 4.63. The van der Waals surface area contributed by atoms with Gasteiger partial charge in [-0.3, -0.25) is 13.2 Å². The fraction of sp³-hybridized carbons (Fsp3) is 1.00. The van der Waals surface area contributed by atoms with Crippen LogP contribution in [-0.2, 0) is 29.6 Å². The minimum absolute atomic E-state index is 0.250. The Bertz CT molecular complexity index is 413. The molecule has 0 spiro atoms. The van der Waals surface area contributed by atoms with E-state index in [1.54, 1.807) is 0 Å². The van der Waals surface area contributed by atoms with E-state index in [2.05, 4.69) is 29.6 Å². The van der Waals surface area contributed by atoms with Crippen LogP contribution in [0.5, 0.6) is 0 Å². The molecule has 0 rings (SSSR count). The quantitative estimate of drug-likeness (QED) is 0.262. The van der Waals surface area contributed by atoms with Gasteiger partial charge in [-0.2, -0.15) is 56.0 Å². The molecule has 0 radical (unpaired) electrons. The highest BCUT2D eigenvalue weighted by atomic mass is 19.4. The van der Waals surface area contributed by atoms with Crippen LogP contribution in [0.15, 0.2) is 0 Å². The van der Waals surface area contributed by atoms with Crippen LogP contribution < -0.4 is 0 Å². The fourth-order valence-corrected chi connectivity index (χ4v) is 0.0412. The molecule has 0 heterocycles. The Kier molecular flexibility index (Phi) is 191. The predicted molar refractivity (Wildman–Crippen MR) is 169 cm³/mol.